The Hall–Kier alpha value is -2.20. The quantitative estimate of drug-likeness (QED) is 0.315. The summed E-state index contributed by atoms with van der Waals surface area (Å²) in [6.07, 6.45) is 13.4. The van der Waals surface area contributed by atoms with Crippen LogP contribution in [0.3, 0.4) is 0 Å². The molecule has 2 rings (SSSR count). The van der Waals surface area contributed by atoms with Crippen molar-refractivity contribution < 1.29 is 14.3 Å². The van der Waals surface area contributed by atoms with E-state index in [2.05, 4.69) is 5.32 Å². The standard InChI is InChI=1S/C24H33NO3/c1-19(24(27)28-18-10-5-3-4-9-17-25-2)20-13-15-22(16-14-20)23(26)21-11-7-6-8-12-21/h7,11-16,19,25H,3-6,8-10,17-18H2,1-2H3. The van der Waals surface area contributed by atoms with E-state index in [4.69, 9.17) is 4.74 Å². The van der Waals surface area contributed by atoms with E-state index in [0.29, 0.717) is 12.2 Å². The van der Waals surface area contributed by atoms with Gasteiger partial charge in [-0.25, -0.2) is 0 Å². The minimum atomic E-state index is -0.325. The van der Waals surface area contributed by atoms with Crippen LogP contribution in [0, 0.1) is 0 Å². The lowest BCUT2D eigenvalue weighted by Gasteiger charge is -2.13. The van der Waals surface area contributed by atoms with E-state index in [1.54, 1.807) is 12.1 Å². The first-order valence-electron chi connectivity index (χ1n) is 10.5. The van der Waals surface area contributed by atoms with Crippen molar-refractivity contribution in [3.8, 4) is 0 Å². The fraction of sp³-hybridized carbons (Fsp3) is 0.500. The van der Waals surface area contributed by atoms with Crippen LogP contribution < -0.4 is 5.32 Å². The summed E-state index contributed by atoms with van der Waals surface area (Å²) in [6, 6.07) is 7.31. The number of carbonyl (C=O) groups excluding carboxylic acids is 2. The number of hydrogen-bond donors (Lipinski definition) is 1. The summed E-state index contributed by atoms with van der Waals surface area (Å²) in [5.74, 6) is -0.492. The molecule has 0 aliphatic heterocycles. The highest BCUT2D eigenvalue weighted by Crippen LogP contribution is 2.20. The molecule has 1 N–H and O–H groups in total. The van der Waals surface area contributed by atoms with Gasteiger partial charge in [-0.15, -0.1) is 0 Å². The Morgan fingerprint density at radius 2 is 1.75 bits per heavy atom. The molecule has 1 aromatic rings. The molecule has 0 aromatic heterocycles. The summed E-state index contributed by atoms with van der Waals surface area (Å²) in [6.45, 7) is 3.39. The third-order valence-electron chi connectivity index (χ3n) is 5.10. The van der Waals surface area contributed by atoms with Gasteiger partial charge in [0.1, 0.15) is 0 Å². The predicted molar refractivity (Wildman–Crippen MR) is 114 cm³/mol. The second-order valence-electron chi connectivity index (χ2n) is 7.35. The molecule has 0 saturated carbocycles. The van der Waals surface area contributed by atoms with Crippen molar-refractivity contribution in [2.45, 2.75) is 57.8 Å². The Balaban J connectivity index is 1.75. The molecule has 0 saturated heterocycles. The van der Waals surface area contributed by atoms with E-state index in [1.165, 1.54) is 19.3 Å². The fourth-order valence-corrected chi connectivity index (χ4v) is 3.24. The van der Waals surface area contributed by atoms with Crippen molar-refractivity contribution >= 4 is 11.8 Å². The number of Topliss-reactive ketones (excluding diaryl/α,β-unsaturated/α-hetero) is 1. The summed E-state index contributed by atoms with van der Waals surface area (Å²) >= 11 is 0. The van der Waals surface area contributed by atoms with Crippen LogP contribution in [0.2, 0.25) is 0 Å². The highest BCUT2D eigenvalue weighted by molar-refractivity contribution is 6.10. The lowest BCUT2D eigenvalue weighted by atomic mass is 9.95. The Kier molecular flexibility index (Phi) is 9.70. The third-order valence-corrected chi connectivity index (χ3v) is 5.10. The van der Waals surface area contributed by atoms with Gasteiger partial charge in [0.2, 0.25) is 0 Å². The number of esters is 1. The molecule has 152 valence electrons. The van der Waals surface area contributed by atoms with Crippen molar-refractivity contribution in [3.63, 3.8) is 0 Å². The predicted octanol–water partition coefficient (Wildman–Crippen LogP) is 4.96. The Morgan fingerprint density at radius 1 is 1.04 bits per heavy atom. The van der Waals surface area contributed by atoms with Crippen LogP contribution in [-0.2, 0) is 9.53 Å². The van der Waals surface area contributed by atoms with Gasteiger partial charge in [-0.05, 0) is 51.8 Å². The van der Waals surface area contributed by atoms with E-state index in [1.807, 2.05) is 44.3 Å². The molecule has 1 aromatic carbocycles. The molecular weight excluding hydrogens is 350 g/mol. The van der Waals surface area contributed by atoms with Crippen LogP contribution in [0.1, 0.15) is 73.7 Å². The van der Waals surface area contributed by atoms with Crippen LogP contribution in [0.15, 0.2) is 48.1 Å². The number of allylic oxidation sites excluding steroid dienone is 4. The number of ketones is 1. The average molecular weight is 384 g/mol. The van der Waals surface area contributed by atoms with Crippen LogP contribution >= 0.6 is 0 Å². The number of nitrogens with one attached hydrogen (secondary N) is 1. The SMILES string of the molecule is CNCCCCCCCOC(=O)C(C)c1ccc(C(=O)C2=CCCC=C2)cc1. The number of carbonyl (C=O) groups is 2. The van der Waals surface area contributed by atoms with Crippen molar-refractivity contribution in [2.75, 3.05) is 20.2 Å². The Labute approximate surface area is 169 Å². The maximum absolute atomic E-state index is 12.5. The zero-order valence-electron chi connectivity index (χ0n) is 17.2. The maximum Gasteiger partial charge on any atom is 0.313 e. The molecule has 1 aliphatic rings. The summed E-state index contributed by atoms with van der Waals surface area (Å²) in [5.41, 5.74) is 2.28. The second kappa shape index (κ2) is 12.3. The van der Waals surface area contributed by atoms with Crippen LogP contribution in [0.5, 0.6) is 0 Å². The minimum absolute atomic E-state index is 0.0347. The Morgan fingerprint density at radius 3 is 2.43 bits per heavy atom. The molecule has 0 amide bonds. The summed E-state index contributed by atoms with van der Waals surface area (Å²) in [4.78, 5) is 24.8. The van der Waals surface area contributed by atoms with Crippen molar-refractivity contribution in [1.29, 1.82) is 0 Å². The number of rotatable bonds is 12. The van der Waals surface area contributed by atoms with Gasteiger partial charge in [0, 0.05) is 11.1 Å². The largest absolute Gasteiger partial charge is 0.465 e. The molecular formula is C24H33NO3. The first-order chi connectivity index (χ1) is 13.6. The molecule has 0 bridgehead atoms. The summed E-state index contributed by atoms with van der Waals surface area (Å²) < 4.78 is 5.42. The number of hydrogen-bond acceptors (Lipinski definition) is 4. The van der Waals surface area contributed by atoms with Gasteiger partial charge < -0.3 is 10.1 Å². The average Bonchev–Trinajstić information content (AvgIpc) is 2.75. The van der Waals surface area contributed by atoms with Crippen LogP contribution in [0.25, 0.3) is 0 Å². The zero-order valence-corrected chi connectivity index (χ0v) is 17.2. The Bertz CT molecular complexity index is 688. The zero-order chi connectivity index (χ0) is 20.2. The van der Waals surface area contributed by atoms with Gasteiger partial charge >= 0.3 is 5.97 Å². The third kappa shape index (κ3) is 7.08. The van der Waals surface area contributed by atoms with Gasteiger partial charge in [0.25, 0.3) is 0 Å². The van der Waals surface area contributed by atoms with Gasteiger partial charge in [-0.1, -0.05) is 61.8 Å². The lowest BCUT2D eigenvalue weighted by molar-refractivity contribution is -0.145. The molecule has 4 heteroatoms. The highest BCUT2D eigenvalue weighted by atomic mass is 16.5. The number of unbranched alkanes of at least 4 members (excludes halogenated alkanes) is 4. The fourth-order valence-electron chi connectivity index (χ4n) is 3.24. The van der Waals surface area contributed by atoms with Crippen molar-refractivity contribution in [3.05, 3.63) is 59.2 Å². The molecule has 0 radical (unpaired) electrons. The van der Waals surface area contributed by atoms with Gasteiger partial charge in [-0.3, -0.25) is 9.59 Å². The van der Waals surface area contributed by atoms with E-state index < -0.39 is 0 Å². The van der Waals surface area contributed by atoms with E-state index >= 15 is 0 Å². The second-order valence-corrected chi connectivity index (χ2v) is 7.35. The molecule has 28 heavy (non-hydrogen) atoms. The molecule has 1 atom stereocenters. The molecule has 0 heterocycles. The molecule has 4 nitrogen and oxygen atoms in total. The minimum Gasteiger partial charge on any atom is -0.465 e. The van der Waals surface area contributed by atoms with Crippen molar-refractivity contribution in [1.82, 2.24) is 5.32 Å². The van der Waals surface area contributed by atoms with Gasteiger partial charge in [0.15, 0.2) is 5.78 Å². The highest BCUT2D eigenvalue weighted by Gasteiger charge is 2.18. The molecule has 1 aliphatic carbocycles. The van der Waals surface area contributed by atoms with Gasteiger partial charge in [-0.2, -0.15) is 0 Å². The number of benzene rings is 1. The molecule has 1 unspecified atom stereocenters. The first kappa shape index (κ1) is 22.1. The normalized spacial score (nSPS) is 14.4. The van der Waals surface area contributed by atoms with E-state index in [-0.39, 0.29) is 17.7 Å². The number of ether oxygens (including phenoxy) is 1. The monoisotopic (exact) mass is 383 g/mol. The molecule has 0 spiro atoms. The van der Waals surface area contributed by atoms with Gasteiger partial charge in [0.05, 0.1) is 12.5 Å². The lowest BCUT2D eigenvalue weighted by Crippen LogP contribution is -2.14. The maximum atomic E-state index is 12.5. The topological polar surface area (TPSA) is 55.4 Å². The summed E-state index contributed by atoms with van der Waals surface area (Å²) in [7, 11) is 1.97. The van der Waals surface area contributed by atoms with E-state index in [0.717, 1.165) is 43.4 Å². The molecule has 0 fully saturated rings. The van der Waals surface area contributed by atoms with Crippen LogP contribution in [0.4, 0.5) is 0 Å². The first-order valence-corrected chi connectivity index (χ1v) is 10.5. The summed E-state index contributed by atoms with van der Waals surface area (Å²) in [5, 5.41) is 3.15. The van der Waals surface area contributed by atoms with E-state index in [9.17, 15) is 9.59 Å². The smallest absolute Gasteiger partial charge is 0.313 e. The van der Waals surface area contributed by atoms with Crippen molar-refractivity contribution in [2.24, 2.45) is 0 Å². The van der Waals surface area contributed by atoms with Crippen LogP contribution in [-0.4, -0.2) is 32.0 Å².